The second kappa shape index (κ2) is 9.14. The van der Waals surface area contributed by atoms with Gasteiger partial charge in [-0.25, -0.2) is 0 Å². The first kappa shape index (κ1) is 15.2. The Labute approximate surface area is 110 Å². The number of hydrogen-bond donors (Lipinski definition) is 1. The van der Waals surface area contributed by atoms with Gasteiger partial charge < -0.3 is 19.2 Å². The molecule has 1 aromatic heterocycles. The molecule has 0 saturated carbocycles. The Morgan fingerprint density at radius 2 is 2.00 bits per heavy atom. The molecule has 0 amide bonds. The highest BCUT2D eigenvalue weighted by Gasteiger charge is 2.10. The molecule has 1 unspecified atom stereocenters. The molecule has 0 aliphatic heterocycles. The lowest BCUT2D eigenvalue weighted by atomic mass is 10.1. The molecule has 4 heteroatoms. The van der Waals surface area contributed by atoms with Crippen molar-refractivity contribution < 1.29 is 13.9 Å². The van der Waals surface area contributed by atoms with E-state index in [1.54, 1.807) is 6.26 Å². The van der Waals surface area contributed by atoms with Gasteiger partial charge in [0.2, 0.25) is 0 Å². The summed E-state index contributed by atoms with van der Waals surface area (Å²) in [5.74, 6) is 1.04. The summed E-state index contributed by atoms with van der Waals surface area (Å²) in [5, 5.41) is 3.42. The van der Waals surface area contributed by atoms with Gasteiger partial charge in [-0.3, -0.25) is 0 Å². The minimum absolute atomic E-state index is 0.147. The van der Waals surface area contributed by atoms with Crippen LogP contribution in [0.3, 0.4) is 0 Å². The predicted molar refractivity (Wildman–Crippen MR) is 71.5 cm³/mol. The molecule has 1 heterocycles. The fraction of sp³-hybridized carbons (Fsp3) is 0.714. The molecular formula is C14H25NO3. The van der Waals surface area contributed by atoms with Gasteiger partial charge in [0.25, 0.3) is 0 Å². The summed E-state index contributed by atoms with van der Waals surface area (Å²) in [5.41, 5.74) is 0. The van der Waals surface area contributed by atoms with Gasteiger partial charge in [0.15, 0.2) is 6.29 Å². The van der Waals surface area contributed by atoms with Crippen LogP contribution in [0.15, 0.2) is 22.8 Å². The lowest BCUT2D eigenvalue weighted by molar-refractivity contribution is -0.133. The molecule has 0 spiro atoms. The lowest BCUT2D eigenvalue weighted by Crippen LogP contribution is -2.36. The van der Waals surface area contributed by atoms with Crippen LogP contribution in [0.1, 0.15) is 33.0 Å². The summed E-state index contributed by atoms with van der Waals surface area (Å²) in [6.45, 7) is 8.19. The predicted octanol–water partition coefficient (Wildman–Crippen LogP) is 2.59. The SMILES string of the molecule is CCOC(CNC(C)CCc1ccco1)OCC. The summed E-state index contributed by atoms with van der Waals surface area (Å²) in [6.07, 6.45) is 3.56. The Morgan fingerprint density at radius 3 is 2.56 bits per heavy atom. The van der Waals surface area contributed by atoms with Crippen LogP contribution in [-0.2, 0) is 15.9 Å². The fourth-order valence-corrected chi connectivity index (χ4v) is 1.75. The zero-order valence-corrected chi connectivity index (χ0v) is 11.6. The maximum absolute atomic E-state index is 5.48. The molecule has 0 bridgehead atoms. The molecule has 4 nitrogen and oxygen atoms in total. The Hall–Kier alpha value is -0.840. The van der Waals surface area contributed by atoms with Crippen LogP contribution in [0.4, 0.5) is 0 Å². The second-order valence-electron chi connectivity index (χ2n) is 4.27. The van der Waals surface area contributed by atoms with E-state index in [1.807, 2.05) is 26.0 Å². The van der Waals surface area contributed by atoms with Crippen molar-refractivity contribution in [2.24, 2.45) is 0 Å². The molecule has 0 aliphatic carbocycles. The maximum atomic E-state index is 5.48. The maximum Gasteiger partial charge on any atom is 0.169 e. The molecular weight excluding hydrogens is 230 g/mol. The van der Waals surface area contributed by atoms with Gasteiger partial charge in [0, 0.05) is 32.2 Å². The number of hydrogen-bond acceptors (Lipinski definition) is 4. The van der Waals surface area contributed by atoms with E-state index in [2.05, 4.69) is 12.2 Å². The summed E-state index contributed by atoms with van der Waals surface area (Å²) >= 11 is 0. The minimum Gasteiger partial charge on any atom is -0.469 e. The lowest BCUT2D eigenvalue weighted by Gasteiger charge is -2.20. The standard InChI is InChI=1S/C14H25NO3/c1-4-16-14(17-5-2)11-15-12(3)8-9-13-7-6-10-18-13/h6-7,10,12,14-15H,4-5,8-9,11H2,1-3H3. The van der Waals surface area contributed by atoms with Gasteiger partial charge in [-0.05, 0) is 39.3 Å². The molecule has 0 radical (unpaired) electrons. The number of ether oxygens (including phenoxy) is 2. The van der Waals surface area contributed by atoms with E-state index in [0.717, 1.165) is 25.1 Å². The van der Waals surface area contributed by atoms with Gasteiger partial charge in [-0.1, -0.05) is 0 Å². The van der Waals surface area contributed by atoms with E-state index in [9.17, 15) is 0 Å². The van der Waals surface area contributed by atoms with Crippen molar-refractivity contribution in [3.63, 3.8) is 0 Å². The van der Waals surface area contributed by atoms with E-state index >= 15 is 0 Å². The molecule has 1 rings (SSSR count). The van der Waals surface area contributed by atoms with Gasteiger partial charge in [0.05, 0.1) is 6.26 Å². The van der Waals surface area contributed by atoms with E-state index in [1.165, 1.54) is 0 Å². The first-order valence-electron chi connectivity index (χ1n) is 6.75. The Balaban J connectivity index is 2.16. The zero-order chi connectivity index (χ0) is 13.2. The smallest absolute Gasteiger partial charge is 0.169 e. The van der Waals surface area contributed by atoms with Crippen LogP contribution in [0.2, 0.25) is 0 Å². The van der Waals surface area contributed by atoms with Crippen LogP contribution in [0.25, 0.3) is 0 Å². The van der Waals surface area contributed by atoms with Crippen molar-refractivity contribution in [3.8, 4) is 0 Å². The molecule has 1 aromatic rings. The van der Waals surface area contributed by atoms with Gasteiger partial charge >= 0.3 is 0 Å². The Kier molecular flexibility index (Phi) is 7.73. The van der Waals surface area contributed by atoms with Crippen LogP contribution in [-0.4, -0.2) is 32.1 Å². The number of aryl methyl sites for hydroxylation is 1. The highest BCUT2D eigenvalue weighted by atomic mass is 16.7. The molecule has 18 heavy (non-hydrogen) atoms. The molecule has 0 aromatic carbocycles. The first-order chi connectivity index (χ1) is 8.76. The minimum atomic E-state index is -0.147. The third kappa shape index (κ3) is 6.19. The number of rotatable bonds is 10. The normalized spacial score (nSPS) is 13.1. The van der Waals surface area contributed by atoms with Crippen molar-refractivity contribution in [2.45, 2.75) is 45.9 Å². The van der Waals surface area contributed by atoms with Crippen LogP contribution in [0, 0.1) is 0 Å². The zero-order valence-electron chi connectivity index (χ0n) is 11.6. The van der Waals surface area contributed by atoms with E-state index < -0.39 is 0 Å². The second-order valence-corrected chi connectivity index (χ2v) is 4.27. The van der Waals surface area contributed by atoms with Crippen molar-refractivity contribution >= 4 is 0 Å². The van der Waals surface area contributed by atoms with E-state index in [-0.39, 0.29) is 6.29 Å². The fourth-order valence-electron chi connectivity index (χ4n) is 1.75. The Morgan fingerprint density at radius 1 is 1.28 bits per heavy atom. The van der Waals surface area contributed by atoms with Crippen molar-refractivity contribution in [1.29, 1.82) is 0 Å². The molecule has 0 aliphatic rings. The summed E-state index contributed by atoms with van der Waals surface area (Å²) in [4.78, 5) is 0. The summed E-state index contributed by atoms with van der Waals surface area (Å²) < 4.78 is 16.3. The van der Waals surface area contributed by atoms with Gasteiger partial charge in [-0.15, -0.1) is 0 Å². The third-order valence-electron chi connectivity index (χ3n) is 2.74. The molecule has 0 fully saturated rings. The molecule has 1 N–H and O–H groups in total. The molecule has 0 saturated heterocycles. The van der Waals surface area contributed by atoms with E-state index in [0.29, 0.717) is 19.3 Å². The van der Waals surface area contributed by atoms with Crippen molar-refractivity contribution in [1.82, 2.24) is 5.32 Å². The topological polar surface area (TPSA) is 43.6 Å². The number of furan rings is 1. The summed E-state index contributed by atoms with van der Waals surface area (Å²) in [6, 6.07) is 4.35. The Bertz CT molecular complexity index is 281. The monoisotopic (exact) mass is 255 g/mol. The highest BCUT2D eigenvalue weighted by molar-refractivity contribution is 4.98. The first-order valence-corrected chi connectivity index (χ1v) is 6.75. The average molecular weight is 255 g/mol. The summed E-state index contributed by atoms with van der Waals surface area (Å²) in [7, 11) is 0. The number of nitrogens with one attached hydrogen (secondary N) is 1. The third-order valence-corrected chi connectivity index (χ3v) is 2.74. The van der Waals surface area contributed by atoms with Gasteiger partial charge in [0.1, 0.15) is 5.76 Å². The quantitative estimate of drug-likeness (QED) is 0.653. The van der Waals surface area contributed by atoms with Crippen LogP contribution in [0.5, 0.6) is 0 Å². The van der Waals surface area contributed by atoms with Gasteiger partial charge in [-0.2, -0.15) is 0 Å². The van der Waals surface area contributed by atoms with Crippen molar-refractivity contribution in [3.05, 3.63) is 24.2 Å². The van der Waals surface area contributed by atoms with Crippen LogP contribution >= 0.6 is 0 Å². The van der Waals surface area contributed by atoms with Crippen LogP contribution < -0.4 is 5.32 Å². The highest BCUT2D eigenvalue weighted by Crippen LogP contribution is 2.06. The average Bonchev–Trinajstić information content (AvgIpc) is 2.87. The van der Waals surface area contributed by atoms with Crippen molar-refractivity contribution in [2.75, 3.05) is 19.8 Å². The van der Waals surface area contributed by atoms with E-state index in [4.69, 9.17) is 13.9 Å². The molecule has 1 atom stereocenters. The molecule has 104 valence electrons. The largest absolute Gasteiger partial charge is 0.469 e.